The molecule has 0 saturated heterocycles. The van der Waals surface area contributed by atoms with Crippen molar-refractivity contribution in [1.29, 1.82) is 0 Å². The van der Waals surface area contributed by atoms with Crippen LogP contribution in [0.3, 0.4) is 0 Å². The molecule has 2 rings (SSSR count). The van der Waals surface area contributed by atoms with Gasteiger partial charge in [0.25, 0.3) is 0 Å². The van der Waals surface area contributed by atoms with Crippen LogP contribution in [-0.2, 0) is 6.61 Å². The van der Waals surface area contributed by atoms with Crippen LogP contribution in [0.4, 0.5) is 0 Å². The molecule has 0 heterocycles. The van der Waals surface area contributed by atoms with Gasteiger partial charge in [-0.2, -0.15) is 0 Å². The fraction of sp³-hybridized carbons (Fsp3) is 0.250. The third-order valence-corrected chi connectivity index (χ3v) is 4.05. The zero-order chi connectivity index (χ0) is 14.5. The van der Waals surface area contributed by atoms with Crippen molar-refractivity contribution in [1.82, 2.24) is 0 Å². The van der Waals surface area contributed by atoms with Gasteiger partial charge in [-0.25, -0.2) is 0 Å². The second-order valence-corrected chi connectivity index (χ2v) is 6.03. The third kappa shape index (κ3) is 3.98. The number of hydrogen-bond donors (Lipinski definition) is 1. The molecule has 20 heavy (non-hydrogen) atoms. The Morgan fingerprint density at radius 1 is 1.20 bits per heavy atom. The van der Waals surface area contributed by atoms with Gasteiger partial charge in [0.15, 0.2) is 0 Å². The van der Waals surface area contributed by atoms with Crippen LogP contribution < -0.4 is 10.5 Å². The molecule has 1 unspecified atom stereocenters. The zero-order valence-corrected chi connectivity index (χ0v) is 13.6. The van der Waals surface area contributed by atoms with E-state index in [0.717, 1.165) is 15.8 Å². The Balaban J connectivity index is 2.00. The number of benzene rings is 2. The molecule has 1 atom stereocenters. The van der Waals surface area contributed by atoms with E-state index >= 15 is 0 Å². The maximum Gasteiger partial charge on any atom is 0.134 e. The van der Waals surface area contributed by atoms with Crippen molar-refractivity contribution in [3.8, 4) is 5.75 Å². The number of nitrogens with two attached hydrogens (primary N) is 1. The van der Waals surface area contributed by atoms with Crippen molar-refractivity contribution in [2.45, 2.75) is 19.4 Å². The second kappa shape index (κ2) is 7.11. The maximum absolute atomic E-state index is 5.90. The van der Waals surface area contributed by atoms with Crippen molar-refractivity contribution in [3.63, 3.8) is 0 Å². The lowest BCUT2D eigenvalue weighted by Gasteiger charge is -2.11. The first-order chi connectivity index (χ1) is 9.60. The van der Waals surface area contributed by atoms with Gasteiger partial charge in [-0.05, 0) is 57.7 Å². The molecule has 0 aliphatic heterocycles. The van der Waals surface area contributed by atoms with E-state index in [-0.39, 0.29) is 0 Å². The van der Waals surface area contributed by atoms with Crippen molar-refractivity contribution in [3.05, 3.63) is 63.1 Å². The predicted octanol–water partition coefficient (Wildman–Crippen LogP) is 4.74. The summed E-state index contributed by atoms with van der Waals surface area (Å²) in [7, 11) is 0. The van der Waals surface area contributed by atoms with Crippen LogP contribution in [0.5, 0.6) is 5.75 Å². The lowest BCUT2D eigenvalue weighted by atomic mass is 10.0. The van der Waals surface area contributed by atoms with Gasteiger partial charge in [-0.15, -0.1) is 0 Å². The number of halogens is 2. The van der Waals surface area contributed by atoms with Crippen LogP contribution in [0.25, 0.3) is 0 Å². The fourth-order valence-corrected chi connectivity index (χ4v) is 2.63. The normalized spacial score (nSPS) is 12.2. The fourth-order valence-electron chi connectivity index (χ4n) is 1.83. The van der Waals surface area contributed by atoms with Gasteiger partial charge >= 0.3 is 0 Å². The van der Waals surface area contributed by atoms with E-state index in [9.17, 15) is 0 Å². The molecule has 2 aromatic rings. The van der Waals surface area contributed by atoms with E-state index < -0.39 is 0 Å². The van der Waals surface area contributed by atoms with E-state index in [1.165, 1.54) is 5.56 Å². The van der Waals surface area contributed by atoms with Crippen LogP contribution >= 0.6 is 27.5 Å². The molecule has 0 aliphatic carbocycles. The van der Waals surface area contributed by atoms with Crippen LogP contribution in [0.2, 0.25) is 5.02 Å². The molecular weight excluding hydrogens is 338 g/mol. The van der Waals surface area contributed by atoms with Crippen molar-refractivity contribution >= 4 is 27.5 Å². The molecule has 0 spiro atoms. The van der Waals surface area contributed by atoms with Crippen molar-refractivity contribution < 1.29 is 4.74 Å². The monoisotopic (exact) mass is 353 g/mol. The predicted molar refractivity (Wildman–Crippen MR) is 87.4 cm³/mol. The molecule has 106 valence electrons. The van der Waals surface area contributed by atoms with Crippen LogP contribution in [0, 0.1) is 0 Å². The Kier molecular flexibility index (Phi) is 5.46. The number of rotatable bonds is 5. The Morgan fingerprint density at radius 2 is 1.90 bits per heavy atom. The summed E-state index contributed by atoms with van der Waals surface area (Å²) in [6.45, 7) is 3.31. The summed E-state index contributed by atoms with van der Waals surface area (Å²) in [5, 5.41) is 0.685. The molecule has 2 nitrogen and oxygen atoms in total. The summed E-state index contributed by atoms with van der Waals surface area (Å²) in [6.07, 6.45) is 0. The van der Waals surface area contributed by atoms with Gasteiger partial charge in [0.1, 0.15) is 12.4 Å². The lowest BCUT2D eigenvalue weighted by molar-refractivity contribution is 0.304. The highest BCUT2D eigenvalue weighted by molar-refractivity contribution is 9.10. The SMILES string of the molecule is CC(CN)c1ccc(COc2ccc(Cl)cc2Br)cc1. The number of hydrogen-bond acceptors (Lipinski definition) is 2. The smallest absolute Gasteiger partial charge is 0.134 e. The molecule has 2 N–H and O–H groups in total. The van der Waals surface area contributed by atoms with Crippen LogP contribution in [0.15, 0.2) is 46.9 Å². The zero-order valence-electron chi connectivity index (χ0n) is 11.3. The Hall–Kier alpha value is -1.03. The van der Waals surface area contributed by atoms with Gasteiger partial charge < -0.3 is 10.5 Å². The van der Waals surface area contributed by atoms with E-state index in [1.807, 2.05) is 18.2 Å². The van der Waals surface area contributed by atoms with E-state index in [1.54, 1.807) is 0 Å². The maximum atomic E-state index is 5.90. The van der Waals surface area contributed by atoms with Crippen LogP contribution in [0.1, 0.15) is 24.0 Å². The second-order valence-electron chi connectivity index (χ2n) is 4.74. The topological polar surface area (TPSA) is 35.2 Å². The van der Waals surface area contributed by atoms with E-state index in [0.29, 0.717) is 24.1 Å². The summed E-state index contributed by atoms with van der Waals surface area (Å²) in [5.74, 6) is 1.17. The minimum absolute atomic E-state index is 0.385. The summed E-state index contributed by atoms with van der Waals surface area (Å²) in [6, 6.07) is 13.9. The first-order valence-electron chi connectivity index (χ1n) is 6.47. The molecule has 0 radical (unpaired) electrons. The molecule has 0 bridgehead atoms. The third-order valence-electron chi connectivity index (χ3n) is 3.19. The van der Waals surface area contributed by atoms with Gasteiger partial charge in [0.05, 0.1) is 4.47 Å². The molecule has 0 aromatic heterocycles. The van der Waals surface area contributed by atoms with Crippen LogP contribution in [-0.4, -0.2) is 6.54 Å². The van der Waals surface area contributed by atoms with Gasteiger partial charge in [0, 0.05) is 5.02 Å². The Labute approximate surface area is 133 Å². The Morgan fingerprint density at radius 3 is 2.50 bits per heavy atom. The first-order valence-corrected chi connectivity index (χ1v) is 7.64. The highest BCUT2D eigenvalue weighted by atomic mass is 79.9. The first kappa shape index (κ1) is 15.4. The highest BCUT2D eigenvalue weighted by Gasteiger charge is 2.05. The molecular formula is C16H17BrClNO. The van der Waals surface area contributed by atoms with Crippen molar-refractivity contribution in [2.75, 3.05) is 6.54 Å². The summed E-state index contributed by atoms with van der Waals surface area (Å²) >= 11 is 9.34. The van der Waals surface area contributed by atoms with Gasteiger partial charge in [-0.1, -0.05) is 42.8 Å². The molecule has 0 aliphatic rings. The average molecular weight is 355 g/mol. The quantitative estimate of drug-likeness (QED) is 0.841. The van der Waals surface area contributed by atoms with E-state index in [4.69, 9.17) is 22.1 Å². The molecule has 0 saturated carbocycles. The van der Waals surface area contributed by atoms with E-state index in [2.05, 4.69) is 47.1 Å². The lowest BCUT2D eigenvalue weighted by Crippen LogP contribution is -2.08. The molecule has 4 heteroatoms. The molecule has 2 aromatic carbocycles. The van der Waals surface area contributed by atoms with Gasteiger partial charge in [-0.3, -0.25) is 0 Å². The number of ether oxygens (including phenoxy) is 1. The summed E-state index contributed by atoms with van der Waals surface area (Å²) in [5.41, 5.74) is 8.04. The molecule has 0 amide bonds. The minimum atomic E-state index is 0.385. The Bertz CT molecular complexity index is 571. The summed E-state index contributed by atoms with van der Waals surface area (Å²) < 4.78 is 6.63. The largest absolute Gasteiger partial charge is 0.488 e. The minimum Gasteiger partial charge on any atom is -0.488 e. The molecule has 0 fully saturated rings. The summed E-state index contributed by atoms with van der Waals surface area (Å²) in [4.78, 5) is 0. The van der Waals surface area contributed by atoms with Crippen molar-refractivity contribution in [2.24, 2.45) is 5.73 Å². The standard InChI is InChI=1S/C16H17BrClNO/c1-11(9-19)13-4-2-12(3-5-13)10-20-16-7-6-14(18)8-15(16)17/h2-8,11H,9-10,19H2,1H3. The average Bonchev–Trinajstić information content (AvgIpc) is 2.46. The highest BCUT2D eigenvalue weighted by Crippen LogP contribution is 2.28. The van der Waals surface area contributed by atoms with Gasteiger partial charge in [0.2, 0.25) is 0 Å².